The smallest absolute Gasteiger partial charge is 0.331 e. The van der Waals surface area contributed by atoms with Crippen molar-refractivity contribution in [1.29, 1.82) is 0 Å². The van der Waals surface area contributed by atoms with Crippen molar-refractivity contribution in [2.45, 2.75) is 12.5 Å². The van der Waals surface area contributed by atoms with Crippen molar-refractivity contribution < 1.29 is 24.2 Å². The normalized spacial score (nSPS) is 19.6. The van der Waals surface area contributed by atoms with Gasteiger partial charge in [-0.2, -0.15) is 0 Å². The molecule has 0 amide bonds. The summed E-state index contributed by atoms with van der Waals surface area (Å²) < 4.78 is 9.64. The van der Waals surface area contributed by atoms with E-state index in [9.17, 15) is 9.59 Å². The summed E-state index contributed by atoms with van der Waals surface area (Å²) in [7, 11) is 0. The highest BCUT2D eigenvalue weighted by Gasteiger charge is 2.19. The van der Waals surface area contributed by atoms with Crippen LogP contribution in [0.2, 0.25) is 0 Å². The number of carbonyl (C=O) groups is 2. The van der Waals surface area contributed by atoms with Crippen LogP contribution in [0.4, 0.5) is 0 Å². The molecule has 15 heavy (non-hydrogen) atoms. The van der Waals surface area contributed by atoms with Crippen molar-refractivity contribution in [2.75, 3.05) is 13.2 Å². The number of epoxide rings is 1. The maximum absolute atomic E-state index is 10.8. The minimum absolute atomic E-state index is 0.148. The van der Waals surface area contributed by atoms with Crippen molar-refractivity contribution in [3.05, 3.63) is 24.3 Å². The molecule has 82 valence electrons. The van der Waals surface area contributed by atoms with Gasteiger partial charge in [0.15, 0.2) is 0 Å². The second-order valence-corrected chi connectivity index (χ2v) is 2.96. The van der Waals surface area contributed by atoms with Gasteiger partial charge in [-0.15, -0.1) is 0 Å². The van der Waals surface area contributed by atoms with E-state index in [1.807, 2.05) is 6.08 Å². The van der Waals surface area contributed by atoms with Crippen LogP contribution >= 0.6 is 0 Å². The quantitative estimate of drug-likeness (QED) is 0.300. The van der Waals surface area contributed by atoms with E-state index >= 15 is 0 Å². The number of rotatable bonds is 6. The van der Waals surface area contributed by atoms with E-state index in [1.54, 1.807) is 6.08 Å². The van der Waals surface area contributed by atoms with Crippen molar-refractivity contribution in [2.24, 2.45) is 0 Å². The summed E-state index contributed by atoms with van der Waals surface area (Å²) in [5.74, 6) is -1.84. The fourth-order valence-electron chi connectivity index (χ4n) is 0.838. The lowest BCUT2D eigenvalue weighted by Gasteiger charge is -1.95. The molecule has 1 N–H and O–H groups in total. The molecule has 1 aliphatic heterocycles. The molecule has 1 heterocycles. The van der Waals surface area contributed by atoms with Gasteiger partial charge in [-0.1, -0.05) is 12.2 Å². The van der Waals surface area contributed by atoms with Crippen LogP contribution in [0.1, 0.15) is 6.42 Å². The Morgan fingerprint density at radius 3 is 2.73 bits per heavy atom. The lowest BCUT2D eigenvalue weighted by molar-refractivity contribution is -0.137. The maximum Gasteiger partial charge on any atom is 0.331 e. The molecule has 1 fully saturated rings. The van der Waals surface area contributed by atoms with Crippen LogP contribution in [0.25, 0.3) is 0 Å². The number of hydrogen-bond donors (Lipinski definition) is 1. The Morgan fingerprint density at radius 2 is 2.13 bits per heavy atom. The highest BCUT2D eigenvalue weighted by Crippen LogP contribution is 2.13. The molecule has 5 heteroatoms. The molecule has 0 aromatic rings. The van der Waals surface area contributed by atoms with E-state index in [4.69, 9.17) is 9.84 Å². The van der Waals surface area contributed by atoms with Gasteiger partial charge in [0.25, 0.3) is 0 Å². The van der Waals surface area contributed by atoms with Gasteiger partial charge >= 0.3 is 11.9 Å². The molecule has 1 atom stereocenters. The first-order chi connectivity index (χ1) is 7.18. The standard InChI is InChI=1S/C10H12O5/c11-9(12)4-5-10(13)14-6-2-1-3-8-7-15-8/h1-2,4-5,8H,3,6-7H2,(H,11,12)/b2-1?,5-4-. The molecule has 0 radical (unpaired) electrons. The summed E-state index contributed by atoms with van der Waals surface area (Å²) in [4.78, 5) is 20.9. The van der Waals surface area contributed by atoms with Crippen LogP contribution in [0, 0.1) is 0 Å². The van der Waals surface area contributed by atoms with Crippen LogP contribution in [0.3, 0.4) is 0 Å². The van der Waals surface area contributed by atoms with Crippen LogP contribution in [-0.4, -0.2) is 36.4 Å². The molecule has 1 saturated heterocycles. The summed E-state index contributed by atoms with van der Waals surface area (Å²) in [6.07, 6.45) is 6.33. The Hall–Kier alpha value is -1.62. The fraction of sp³-hybridized carbons (Fsp3) is 0.400. The third-order valence-electron chi connectivity index (χ3n) is 1.65. The van der Waals surface area contributed by atoms with E-state index in [0.717, 1.165) is 25.2 Å². The number of carboxylic acids is 1. The average molecular weight is 212 g/mol. The second-order valence-electron chi connectivity index (χ2n) is 2.96. The van der Waals surface area contributed by atoms with Gasteiger partial charge < -0.3 is 14.6 Å². The zero-order chi connectivity index (χ0) is 11.1. The predicted molar refractivity (Wildman–Crippen MR) is 51.2 cm³/mol. The van der Waals surface area contributed by atoms with Gasteiger partial charge in [-0.05, 0) is 6.42 Å². The minimum atomic E-state index is -1.17. The van der Waals surface area contributed by atoms with E-state index < -0.39 is 11.9 Å². The van der Waals surface area contributed by atoms with Gasteiger partial charge in [0.1, 0.15) is 6.61 Å². The molecular formula is C10H12O5. The molecule has 0 aliphatic carbocycles. The molecular weight excluding hydrogens is 200 g/mol. The van der Waals surface area contributed by atoms with Gasteiger partial charge in [0.05, 0.1) is 12.7 Å². The molecule has 1 unspecified atom stereocenters. The number of carboxylic acid groups (broad SMARTS) is 1. The molecule has 0 aromatic heterocycles. The molecule has 0 aromatic carbocycles. The Kier molecular flexibility index (Phi) is 4.56. The molecule has 0 saturated carbocycles. The summed E-state index contributed by atoms with van der Waals surface area (Å²) in [6, 6.07) is 0. The first-order valence-electron chi connectivity index (χ1n) is 4.53. The Labute approximate surface area is 87.0 Å². The largest absolute Gasteiger partial charge is 0.478 e. The number of carbonyl (C=O) groups excluding carboxylic acids is 1. The minimum Gasteiger partial charge on any atom is -0.478 e. The van der Waals surface area contributed by atoms with E-state index in [0.29, 0.717) is 6.10 Å². The second kappa shape index (κ2) is 5.98. The topological polar surface area (TPSA) is 76.1 Å². The van der Waals surface area contributed by atoms with Gasteiger partial charge in [-0.25, -0.2) is 9.59 Å². The molecule has 0 bridgehead atoms. The van der Waals surface area contributed by atoms with E-state index in [1.165, 1.54) is 0 Å². The van der Waals surface area contributed by atoms with Crippen LogP contribution in [-0.2, 0) is 19.1 Å². The van der Waals surface area contributed by atoms with E-state index in [2.05, 4.69) is 4.74 Å². The number of ether oxygens (including phenoxy) is 2. The van der Waals surface area contributed by atoms with Crippen LogP contribution in [0.5, 0.6) is 0 Å². The first-order valence-corrected chi connectivity index (χ1v) is 4.53. The molecule has 0 spiro atoms. The summed E-state index contributed by atoms with van der Waals surface area (Å²) in [5.41, 5.74) is 0. The van der Waals surface area contributed by atoms with Gasteiger partial charge in [-0.3, -0.25) is 0 Å². The Balaban J connectivity index is 2.05. The average Bonchev–Trinajstić information content (AvgIpc) is 2.98. The lowest BCUT2D eigenvalue weighted by atomic mass is 10.3. The van der Waals surface area contributed by atoms with Crippen LogP contribution < -0.4 is 0 Å². The zero-order valence-electron chi connectivity index (χ0n) is 8.09. The third-order valence-corrected chi connectivity index (χ3v) is 1.65. The van der Waals surface area contributed by atoms with Crippen molar-refractivity contribution in [3.63, 3.8) is 0 Å². The summed E-state index contributed by atoms with van der Waals surface area (Å²) in [5, 5.41) is 8.22. The Morgan fingerprint density at radius 1 is 1.40 bits per heavy atom. The van der Waals surface area contributed by atoms with Crippen LogP contribution in [0.15, 0.2) is 24.3 Å². The molecule has 1 rings (SSSR count). The summed E-state index contributed by atoms with van der Waals surface area (Å²) >= 11 is 0. The number of aliphatic carboxylic acids is 1. The zero-order valence-corrected chi connectivity index (χ0v) is 8.09. The van der Waals surface area contributed by atoms with Gasteiger partial charge in [0, 0.05) is 12.2 Å². The van der Waals surface area contributed by atoms with Gasteiger partial charge in [0.2, 0.25) is 0 Å². The molecule has 1 aliphatic rings. The Bertz CT molecular complexity index is 288. The number of hydrogen-bond acceptors (Lipinski definition) is 4. The molecule has 5 nitrogen and oxygen atoms in total. The fourth-order valence-corrected chi connectivity index (χ4v) is 0.838. The number of esters is 1. The monoisotopic (exact) mass is 212 g/mol. The predicted octanol–water partition coefficient (Wildman–Crippen LogP) is 0.516. The van der Waals surface area contributed by atoms with Crippen molar-refractivity contribution in [1.82, 2.24) is 0 Å². The first kappa shape index (κ1) is 11.5. The highest BCUT2D eigenvalue weighted by molar-refractivity contribution is 5.90. The third kappa shape index (κ3) is 6.45. The highest BCUT2D eigenvalue weighted by atomic mass is 16.6. The van der Waals surface area contributed by atoms with E-state index in [-0.39, 0.29) is 6.61 Å². The maximum atomic E-state index is 10.8. The lowest BCUT2D eigenvalue weighted by Crippen LogP contribution is -2.01. The summed E-state index contributed by atoms with van der Waals surface area (Å²) in [6.45, 7) is 0.945. The SMILES string of the molecule is O=C(O)/C=C\C(=O)OCC=CCC1CO1. The van der Waals surface area contributed by atoms with Crippen molar-refractivity contribution >= 4 is 11.9 Å². The van der Waals surface area contributed by atoms with Crippen molar-refractivity contribution in [3.8, 4) is 0 Å².